The van der Waals surface area contributed by atoms with Crippen molar-refractivity contribution < 1.29 is 52.7 Å². The van der Waals surface area contributed by atoms with Gasteiger partial charge >= 0.3 is 0 Å². The molecule has 0 spiro atoms. The van der Waals surface area contributed by atoms with Gasteiger partial charge in [-0.05, 0) is 169 Å². The van der Waals surface area contributed by atoms with Crippen molar-refractivity contribution in [3.05, 3.63) is 332 Å². The zero-order valence-electron chi connectivity index (χ0n) is 85.4. The van der Waals surface area contributed by atoms with Crippen molar-refractivity contribution in [1.82, 2.24) is 9.13 Å². The van der Waals surface area contributed by atoms with Gasteiger partial charge in [0.1, 0.15) is 11.2 Å². The van der Waals surface area contributed by atoms with Crippen LogP contribution >= 0.6 is 0 Å². The number of anilines is 6. The standard InChI is InChI=1S/C94H63BN4O2/c1-94(2,3)64-54-83-91-84(55-64)99(86-53-63(59-28-10-5-11-29-59)51-74-90-68(61-32-14-7-15-33-61)39-25-45-88(90)101-93(74)86)82-57-66(97-79-42-22-18-36-71(79)72-37-19-23-43-80(72)97)47-49-76(82)95(91)75-48-46-65(96-77-40-20-16-34-69(77)70-35-17-21-41-78(70)96)56-81(75)98(83)85-52-62(58-26-8-4-9-27-58)50-73-89-67(60-30-12-6-13-31-60)38-24-44-87(89)100-92(73)85/h4-57H,1-3H3/i16D,17D,18D,19D,20D,21D,22D,23D,24D,25D,34D,35D,36D,37D,38D,39D,40D,41D,42D,43D,44D,45D,46D,47D,48D,49D,50D,51D,52D,53D,56D,57D. The van der Waals surface area contributed by atoms with Crippen LogP contribution in [0.15, 0.2) is 336 Å². The van der Waals surface area contributed by atoms with E-state index in [0.29, 0.717) is 11.1 Å². The van der Waals surface area contributed by atoms with Crippen LogP contribution in [0, 0.1) is 0 Å². The van der Waals surface area contributed by atoms with Crippen molar-refractivity contribution in [2.45, 2.75) is 26.2 Å². The summed E-state index contributed by atoms with van der Waals surface area (Å²) in [6, 6.07) is 10.1. The Morgan fingerprint density at radius 3 is 1.07 bits per heavy atom. The lowest BCUT2D eigenvalue weighted by molar-refractivity contribution is 0.590. The number of fused-ring (bicyclic) bond motifs is 16. The molecule has 0 bridgehead atoms. The Labute approximate surface area is 629 Å². The Morgan fingerprint density at radius 1 is 0.327 bits per heavy atom. The lowest BCUT2D eigenvalue weighted by Gasteiger charge is -2.45. The molecule has 101 heavy (non-hydrogen) atoms. The first-order valence-corrected chi connectivity index (χ1v) is 32.4. The van der Waals surface area contributed by atoms with Crippen molar-refractivity contribution in [1.29, 1.82) is 0 Å². The summed E-state index contributed by atoms with van der Waals surface area (Å²) in [5, 5.41) is -2.72. The quantitative estimate of drug-likeness (QED) is 0.142. The molecule has 2 aliphatic rings. The van der Waals surface area contributed by atoms with E-state index in [0.717, 1.165) is 9.13 Å². The largest absolute Gasteiger partial charge is 0.454 e. The predicted octanol–water partition coefficient (Wildman–Crippen LogP) is 23.7. The first-order valence-electron chi connectivity index (χ1n) is 48.4. The second-order valence-electron chi connectivity index (χ2n) is 25.8. The Morgan fingerprint density at radius 2 is 0.693 bits per heavy atom. The molecule has 0 saturated heterocycles. The van der Waals surface area contributed by atoms with Crippen LogP contribution in [-0.2, 0) is 5.41 Å². The molecule has 0 N–H and O–H groups in total. The Bertz CT molecular complexity index is 8010. The van der Waals surface area contributed by atoms with Gasteiger partial charge in [0, 0.05) is 77.2 Å². The van der Waals surface area contributed by atoms with Gasteiger partial charge in [0.25, 0.3) is 6.71 Å². The Hall–Kier alpha value is -12.8. The van der Waals surface area contributed by atoms with E-state index in [1.54, 1.807) is 154 Å². The van der Waals surface area contributed by atoms with Crippen LogP contribution in [0.3, 0.4) is 0 Å². The lowest BCUT2D eigenvalue weighted by Crippen LogP contribution is -2.61. The molecule has 15 aromatic carbocycles. The molecule has 0 radical (unpaired) electrons. The predicted molar refractivity (Wildman–Crippen MR) is 424 cm³/mol. The fourth-order valence-electron chi connectivity index (χ4n) is 14.6. The smallest absolute Gasteiger partial charge is 0.252 e. The van der Waals surface area contributed by atoms with Gasteiger partial charge in [-0.2, -0.15) is 0 Å². The minimum Gasteiger partial charge on any atom is -0.454 e. The van der Waals surface area contributed by atoms with Gasteiger partial charge in [-0.3, -0.25) is 0 Å². The van der Waals surface area contributed by atoms with Crippen LogP contribution in [0.4, 0.5) is 34.1 Å². The van der Waals surface area contributed by atoms with E-state index in [-0.39, 0.29) is 77.3 Å². The number of hydrogen-bond acceptors (Lipinski definition) is 4. The highest BCUT2D eigenvalue weighted by Crippen LogP contribution is 2.54. The molecule has 0 amide bonds. The van der Waals surface area contributed by atoms with Crippen molar-refractivity contribution >= 4 is 145 Å². The molecule has 0 atom stereocenters. The molecule has 0 fully saturated rings. The maximum atomic E-state index is 11.7. The number of para-hydroxylation sites is 4. The summed E-state index contributed by atoms with van der Waals surface area (Å²) in [6.45, 7) is 3.28. The molecule has 4 aromatic heterocycles. The number of hydrogen-bond donors (Lipinski definition) is 0. The lowest BCUT2D eigenvalue weighted by atomic mass is 9.33. The SMILES string of the molecule is [2H]c1c([2H])c(-n2c3c([2H])c([2H])c([2H])c([2H])c3c3c([2H])c([2H])c([2H])c([2H])c32)c([2H])c2c1B1c3c(cc(C(C)(C)C)cc3N(c3c([2H])c(-c4ccccc4)c([2H])c4c3oc3c([2H])c([2H])c([2H])c(-c5ccccc5)c34)c3c([2H])c(-n4c5c([2H])c([2H])c([2H])c([2H])c5c5c([2H])c([2H])c([2H])c([2H])c54)c([2H])c([2H])c31)N2c1c([2H])c(-c2ccccc2)c([2H])c2c1oc1c([2H])c([2H])c([2H])c(-c3ccccc3)c12. The van der Waals surface area contributed by atoms with Crippen LogP contribution < -0.4 is 26.2 Å². The summed E-state index contributed by atoms with van der Waals surface area (Å²) in [7, 11) is 0. The van der Waals surface area contributed by atoms with Gasteiger partial charge < -0.3 is 27.8 Å². The molecule has 19 aromatic rings. The Kier molecular flexibility index (Phi) is 7.37. The summed E-state index contributed by atoms with van der Waals surface area (Å²) in [5.41, 5.74) is -10.6. The van der Waals surface area contributed by atoms with E-state index in [1.165, 1.54) is 9.80 Å². The summed E-state index contributed by atoms with van der Waals surface area (Å²) in [6.07, 6.45) is 0. The van der Waals surface area contributed by atoms with Crippen LogP contribution in [0.2, 0.25) is 0 Å². The number of aromatic nitrogens is 2. The molecule has 7 heteroatoms. The second kappa shape index (κ2) is 21.8. The normalized spacial score (nSPS) is 17.3. The highest BCUT2D eigenvalue weighted by molar-refractivity contribution is 7.00. The van der Waals surface area contributed by atoms with Crippen molar-refractivity contribution in [2.24, 2.45) is 0 Å². The fraction of sp³-hybridized carbons (Fsp3) is 0.0426. The molecule has 6 nitrogen and oxygen atoms in total. The zero-order valence-corrected chi connectivity index (χ0v) is 53.4. The van der Waals surface area contributed by atoms with Gasteiger partial charge in [-0.15, -0.1) is 0 Å². The maximum absolute atomic E-state index is 11.7. The molecule has 474 valence electrons. The van der Waals surface area contributed by atoms with E-state index in [9.17, 15) is 38.4 Å². The summed E-state index contributed by atoms with van der Waals surface area (Å²) < 4.78 is 338. The van der Waals surface area contributed by atoms with Crippen molar-refractivity contribution in [3.8, 4) is 55.9 Å². The number of benzene rings is 15. The van der Waals surface area contributed by atoms with Gasteiger partial charge in [0.2, 0.25) is 0 Å². The highest BCUT2D eigenvalue weighted by atomic mass is 16.3. The summed E-state index contributed by atoms with van der Waals surface area (Å²) >= 11 is 0. The second-order valence-corrected chi connectivity index (χ2v) is 25.8. The average Bonchev–Trinajstić information content (AvgIpc) is 1.64. The number of furan rings is 2. The third-order valence-electron chi connectivity index (χ3n) is 19.1. The van der Waals surface area contributed by atoms with Gasteiger partial charge in [-0.1, -0.05) is 251 Å². The van der Waals surface area contributed by atoms with Crippen molar-refractivity contribution in [2.75, 3.05) is 9.80 Å². The molecular weight excluding hydrogens is 1230 g/mol. The number of nitrogens with zero attached hydrogens (tertiary/aromatic N) is 4. The van der Waals surface area contributed by atoms with Gasteiger partial charge in [-0.25, -0.2) is 0 Å². The fourth-order valence-corrected chi connectivity index (χ4v) is 14.6. The summed E-state index contributed by atoms with van der Waals surface area (Å²) in [4.78, 5) is 2.56. The van der Waals surface area contributed by atoms with Crippen molar-refractivity contribution in [3.63, 3.8) is 0 Å². The zero-order chi connectivity index (χ0) is 94.6. The minimum absolute atomic E-state index is 0.0226. The van der Waals surface area contributed by atoms with Gasteiger partial charge in [0.05, 0.1) is 77.3 Å². The molecule has 0 aliphatic carbocycles. The highest BCUT2D eigenvalue weighted by Gasteiger charge is 2.46. The van der Waals surface area contributed by atoms with E-state index >= 15 is 0 Å². The third kappa shape index (κ3) is 8.60. The van der Waals surface area contributed by atoms with Gasteiger partial charge in [0.15, 0.2) is 11.2 Å². The first-order chi connectivity index (χ1) is 63.1. The first kappa shape index (κ1) is 34.1. The molecule has 21 rings (SSSR count). The molecule has 0 saturated carbocycles. The van der Waals surface area contributed by atoms with E-state index < -0.39 is 316 Å². The van der Waals surface area contributed by atoms with E-state index in [4.69, 9.17) is 14.3 Å². The minimum atomic E-state index is -2.07. The topological polar surface area (TPSA) is 42.6 Å². The third-order valence-corrected chi connectivity index (χ3v) is 19.1. The molecular formula is C94H63BN4O2. The maximum Gasteiger partial charge on any atom is 0.252 e. The van der Waals surface area contributed by atoms with Crippen LogP contribution in [-0.4, -0.2) is 15.8 Å². The Balaban J connectivity index is 1.05. The summed E-state index contributed by atoms with van der Waals surface area (Å²) in [5.74, 6) is 0. The van der Waals surface area contributed by atoms with Crippen LogP contribution in [0.1, 0.15) is 70.2 Å². The monoisotopic (exact) mass is 1320 g/mol. The average molecular weight is 1320 g/mol. The molecule has 2 aliphatic heterocycles. The van der Waals surface area contributed by atoms with E-state index in [1.807, 2.05) is 0 Å². The number of rotatable bonds is 8. The molecule has 0 unspecified atom stereocenters. The molecule has 6 heterocycles. The van der Waals surface area contributed by atoms with E-state index in [2.05, 4.69) is 0 Å². The van der Waals surface area contributed by atoms with Crippen LogP contribution in [0.5, 0.6) is 0 Å². The van der Waals surface area contributed by atoms with Crippen LogP contribution in [0.25, 0.3) is 143 Å².